The van der Waals surface area contributed by atoms with Crippen LogP contribution in [-0.4, -0.2) is 16.8 Å². The van der Waals surface area contributed by atoms with Gasteiger partial charge in [-0.3, -0.25) is 9.59 Å². The number of halogens is 3. The number of amides is 2. The summed E-state index contributed by atoms with van der Waals surface area (Å²) in [6, 6.07) is 4.85. The average molecular weight is 373 g/mol. The third-order valence-electron chi connectivity index (χ3n) is 2.55. The Morgan fingerprint density at radius 3 is 2.71 bits per heavy atom. The lowest BCUT2D eigenvalue weighted by Gasteiger charge is -2.08. The Balaban J connectivity index is 2.33. The molecule has 3 N–H and O–H groups in total. The van der Waals surface area contributed by atoms with Gasteiger partial charge in [-0.2, -0.15) is 0 Å². The Morgan fingerprint density at radius 2 is 2.05 bits per heavy atom. The zero-order valence-corrected chi connectivity index (χ0v) is 12.7. The number of primary amides is 1. The summed E-state index contributed by atoms with van der Waals surface area (Å²) in [4.78, 5) is 26.9. The van der Waals surface area contributed by atoms with E-state index in [0.717, 1.165) is 12.1 Å². The van der Waals surface area contributed by atoms with Crippen molar-refractivity contribution in [2.75, 3.05) is 5.32 Å². The van der Waals surface area contributed by atoms with E-state index in [1.807, 2.05) is 0 Å². The second-order valence-electron chi connectivity index (χ2n) is 4.00. The Labute approximate surface area is 132 Å². The summed E-state index contributed by atoms with van der Waals surface area (Å²) in [6.45, 7) is 0. The highest BCUT2D eigenvalue weighted by atomic mass is 79.9. The molecule has 1 aromatic carbocycles. The smallest absolute Gasteiger partial charge is 0.258 e. The molecule has 0 aliphatic heterocycles. The van der Waals surface area contributed by atoms with Crippen LogP contribution in [-0.2, 0) is 0 Å². The first-order valence-corrected chi connectivity index (χ1v) is 6.77. The molecule has 2 rings (SSSR count). The van der Waals surface area contributed by atoms with Crippen LogP contribution in [0.2, 0.25) is 5.15 Å². The van der Waals surface area contributed by atoms with Gasteiger partial charge in [-0.25, -0.2) is 9.37 Å². The number of carbonyl (C=O) groups is 2. The van der Waals surface area contributed by atoms with Gasteiger partial charge in [0.1, 0.15) is 11.0 Å². The molecule has 0 bridgehead atoms. The van der Waals surface area contributed by atoms with E-state index in [-0.39, 0.29) is 22.0 Å². The number of carbonyl (C=O) groups excluding carboxylic acids is 2. The molecular weight excluding hydrogens is 365 g/mol. The van der Waals surface area contributed by atoms with Crippen LogP contribution in [0.5, 0.6) is 0 Å². The van der Waals surface area contributed by atoms with Crippen LogP contribution in [0.1, 0.15) is 20.7 Å². The first kappa shape index (κ1) is 15.4. The van der Waals surface area contributed by atoms with E-state index < -0.39 is 17.6 Å². The highest BCUT2D eigenvalue weighted by Crippen LogP contribution is 2.21. The first-order chi connectivity index (χ1) is 9.88. The van der Waals surface area contributed by atoms with Gasteiger partial charge in [0.05, 0.1) is 11.3 Å². The Morgan fingerprint density at radius 1 is 1.33 bits per heavy atom. The summed E-state index contributed by atoms with van der Waals surface area (Å²) in [5, 5.41) is 2.30. The first-order valence-electron chi connectivity index (χ1n) is 5.60. The molecule has 0 saturated carbocycles. The molecule has 1 heterocycles. The third-order valence-corrected chi connectivity index (χ3v) is 3.28. The van der Waals surface area contributed by atoms with Crippen LogP contribution in [0.25, 0.3) is 0 Å². The fourth-order valence-electron chi connectivity index (χ4n) is 1.55. The molecule has 0 saturated heterocycles. The summed E-state index contributed by atoms with van der Waals surface area (Å²) in [5.41, 5.74) is 5.07. The highest BCUT2D eigenvalue weighted by Gasteiger charge is 2.15. The minimum atomic E-state index is -0.729. The van der Waals surface area contributed by atoms with E-state index in [0.29, 0.717) is 4.47 Å². The number of pyridine rings is 1. The second-order valence-corrected chi connectivity index (χ2v) is 5.28. The SMILES string of the molecule is NC(=O)c1ccc(F)c(NC(=O)c2cc(Br)cnc2Cl)c1. The summed E-state index contributed by atoms with van der Waals surface area (Å²) in [5.74, 6) is -2.09. The summed E-state index contributed by atoms with van der Waals surface area (Å²) in [6.07, 6.45) is 1.42. The molecule has 0 fully saturated rings. The van der Waals surface area contributed by atoms with E-state index in [1.165, 1.54) is 18.3 Å². The molecule has 0 atom stereocenters. The number of hydrogen-bond acceptors (Lipinski definition) is 3. The van der Waals surface area contributed by atoms with Crippen LogP contribution in [0, 0.1) is 5.82 Å². The average Bonchev–Trinajstić information content (AvgIpc) is 2.43. The van der Waals surface area contributed by atoms with Gasteiger partial charge in [0, 0.05) is 16.2 Å². The molecular formula is C13H8BrClFN3O2. The van der Waals surface area contributed by atoms with Crippen molar-refractivity contribution in [1.82, 2.24) is 4.98 Å². The fraction of sp³-hybridized carbons (Fsp3) is 0. The van der Waals surface area contributed by atoms with Gasteiger partial charge in [-0.05, 0) is 40.2 Å². The van der Waals surface area contributed by atoms with Crippen molar-refractivity contribution in [1.29, 1.82) is 0 Å². The van der Waals surface area contributed by atoms with E-state index >= 15 is 0 Å². The van der Waals surface area contributed by atoms with Crippen LogP contribution in [0.4, 0.5) is 10.1 Å². The van der Waals surface area contributed by atoms with Crippen molar-refractivity contribution < 1.29 is 14.0 Å². The Kier molecular flexibility index (Phi) is 4.54. The lowest BCUT2D eigenvalue weighted by Crippen LogP contribution is -2.16. The van der Waals surface area contributed by atoms with Gasteiger partial charge in [-0.15, -0.1) is 0 Å². The van der Waals surface area contributed by atoms with Crippen molar-refractivity contribution >= 4 is 45.0 Å². The minimum Gasteiger partial charge on any atom is -0.366 e. The number of hydrogen-bond donors (Lipinski definition) is 2. The quantitative estimate of drug-likeness (QED) is 0.812. The lowest BCUT2D eigenvalue weighted by molar-refractivity contribution is 0.0996. The molecule has 1 aromatic heterocycles. The van der Waals surface area contributed by atoms with E-state index in [1.54, 1.807) is 0 Å². The molecule has 0 aliphatic rings. The Hall–Kier alpha value is -1.99. The minimum absolute atomic E-state index is 0.0258. The van der Waals surface area contributed by atoms with Crippen LogP contribution in [0.3, 0.4) is 0 Å². The monoisotopic (exact) mass is 371 g/mol. The van der Waals surface area contributed by atoms with Crippen molar-refractivity contribution in [2.45, 2.75) is 0 Å². The van der Waals surface area contributed by atoms with Crippen LogP contribution in [0.15, 0.2) is 34.9 Å². The zero-order chi connectivity index (χ0) is 15.6. The number of benzene rings is 1. The third kappa shape index (κ3) is 3.56. The number of nitrogens with zero attached hydrogens (tertiary/aromatic N) is 1. The summed E-state index contributed by atoms with van der Waals surface area (Å²) in [7, 11) is 0. The fourth-order valence-corrected chi connectivity index (χ4v) is 2.07. The highest BCUT2D eigenvalue weighted by molar-refractivity contribution is 9.10. The van der Waals surface area contributed by atoms with Crippen molar-refractivity contribution in [2.24, 2.45) is 5.73 Å². The molecule has 108 valence electrons. The molecule has 5 nitrogen and oxygen atoms in total. The lowest BCUT2D eigenvalue weighted by atomic mass is 10.1. The second kappa shape index (κ2) is 6.19. The summed E-state index contributed by atoms with van der Waals surface area (Å²) >= 11 is 8.98. The summed E-state index contributed by atoms with van der Waals surface area (Å²) < 4.78 is 14.2. The van der Waals surface area contributed by atoms with Gasteiger partial charge < -0.3 is 11.1 Å². The van der Waals surface area contributed by atoms with E-state index in [9.17, 15) is 14.0 Å². The van der Waals surface area contributed by atoms with Gasteiger partial charge in [-0.1, -0.05) is 11.6 Å². The van der Waals surface area contributed by atoms with Crippen molar-refractivity contribution in [3.05, 3.63) is 57.0 Å². The largest absolute Gasteiger partial charge is 0.366 e. The normalized spacial score (nSPS) is 10.2. The number of nitrogens with two attached hydrogens (primary N) is 1. The number of rotatable bonds is 3. The number of aromatic nitrogens is 1. The molecule has 2 aromatic rings. The number of nitrogens with one attached hydrogen (secondary N) is 1. The molecule has 0 unspecified atom stereocenters. The molecule has 0 spiro atoms. The van der Waals surface area contributed by atoms with Gasteiger partial charge in [0.15, 0.2) is 0 Å². The Bertz CT molecular complexity index is 739. The molecule has 0 aliphatic carbocycles. The molecule has 8 heteroatoms. The van der Waals surface area contributed by atoms with Gasteiger partial charge in [0.2, 0.25) is 5.91 Å². The maximum Gasteiger partial charge on any atom is 0.258 e. The van der Waals surface area contributed by atoms with Crippen LogP contribution < -0.4 is 11.1 Å². The van der Waals surface area contributed by atoms with Gasteiger partial charge in [0.25, 0.3) is 5.91 Å². The predicted molar refractivity (Wildman–Crippen MR) is 79.8 cm³/mol. The predicted octanol–water partition coefficient (Wildman–Crippen LogP) is 2.99. The van der Waals surface area contributed by atoms with E-state index in [2.05, 4.69) is 26.2 Å². The maximum atomic E-state index is 13.7. The van der Waals surface area contributed by atoms with Gasteiger partial charge >= 0.3 is 0 Å². The van der Waals surface area contributed by atoms with Crippen molar-refractivity contribution in [3.63, 3.8) is 0 Å². The van der Waals surface area contributed by atoms with Crippen molar-refractivity contribution in [3.8, 4) is 0 Å². The topological polar surface area (TPSA) is 85.1 Å². The van der Waals surface area contributed by atoms with Crippen LogP contribution >= 0.6 is 27.5 Å². The molecule has 2 amide bonds. The van der Waals surface area contributed by atoms with E-state index in [4.69, 9.17) is 17.3 Å². The number of anilines is 1. The standard InChI is InChI=1S/C13H8BrClFN3O2/c14-7-4-8(11(15)18-5-7)13(21)19-10-3-6(12(17)20)1-2-9(10)16/h1-5H,(H2,17,20)(H,19,21). The molecule has 0 radical (unpaired) electrons. The maximum absolute atomic E-state index is 13.7. The zero-order valence-electron chi connectivity index (χ0n) is 10.4. The molecule has 21 heavy (non-hydrogen) atoms.